The van der Waals surface area contributed by atoms with Crippen molar-refractivity contribution in [2.75, 3.05) is 13.1 Å². The maximum atomic E-state index is 9.34. The zero-order valence-electron chi connectivity index (χ0n) is 7.32. The summed E-state index contributed by atoms with van der Waals surface area (Å²) < 4.78 is 0. The Morgan fingerprint density at radius 3 is 1.92 bits per heavy atom. The summed E-state index contributed by atoms with van der Waals surface area (Å²) in [7, 11) is 0. The molecule has 0 amide bonds. The molecule has 0 spiro atoms. The molecule has 1 saturated carbocycles. The average Bonchev–Trinajstić information content (AvgIpc) is 2.61. The molecular formula is C9H17NO2. The van der Waals surface area contributed by atoms with E-state index < -0.39 is 12.2 Å². The van der Waals surface area contributed by atoms with Crippen LogP contribution in [0.3, 0.4) is 0 Å². The highest BCUT2D eigenvalue weighted by Gasteiger charge is 2.34. The van der Waals surface area contributed by atoms with Gasteiger partial charge in [-0.05, 0) is 12.8 Å². The number of hydrogen-bond donors (Lipinski definition) is 2. The zero-order chi connectivity index (χ0) is 8.55. The van der Waals surface area contributed by atoms with Crippen molar-refractivity contribution in [1.82, 2.24) is 4.90 Å². The van der Waals surface area contributed by atoms with Gasteiger partial charge < -0.3 is 10.2 Å². The number of aliphatic hydroxyl groups excluding tert-OH is 2. The molecule has 3 nitrogen and oxygen atoms in total. The lowest BCUT2D eigenvalue weighted by Crippen LogP contribution is -2.31. The van der Waals surface area contributed by atoms with Gasteiger partial charge in [0.15, 0.2) is 0 Å². The molecule has 1 aliphatic carbocycles. The molecule has 2 unspecified atom stereocenters. The molecule has 3 heteroatoms. The Morgan fingerprint density at radius 1 is 0.917 bits per heavy atom. The third-order valence-electron chi connectivity index (χ3n) is 3.13. The Bertz CT molecular complexity index is 147. The van der Waals surface area contributed by atoms with Gasteiger partial charge in [-0.15, -0.1) is 0 Å². The standard InChI is InChI=1S/C9H17NO2/c11-8-5-10(6-9(8)12)7-3-1-2-4-7/h7-9,11-12H,1-6H2. The topological polar surface area (TPSA) is 43.7 Å². The normalized spacial score (nSPS) is 39.5. The first-order valence-electron chi connectivity index (χ1n) is 4.87. The van der Waals surface area contributed by atoms with Crippen molar-refractivity contribution in [3.8, 4) is 0 Å². The Kier molecular flexibility index (Phi) is 2.35. The molecule has 0 aromatic heterocycles. The second kappa shape index (κ2) is 3.32. The lowest BCUT2D eigenvalue weighted by molar-refractivity contribution is 0.0572. The van der Waals surface area contributed by atoms with Crippen molar-refractivity contribution in [1.29, 1.82) is 0 Å². The van der Waals surface area contributed by atoms with Crippen LogP contribution in [0.15, 0.2) is 0 Å². The molecule has 0 aromatic rings. The van der Waals surface area contributed by atoms with Gasteiger partial charge in [-0.1, -0.05) is 12.8 Å². The molecule has 1 saturated heterocycles. The Hall–Kier alpha value is -0.120. The minimum atomic E-state index is -0.509. The summed E-state index contributed by atoms with van der Waals surface area (Å²) in [6.45, 7) is 1.34. The van der Waals surface area contributed by atoms with Crippen LogP contribution in [-0.4, -0.2) is 46.5 Å². The highest BCUT2D eigenvalue weighted by Crippen LogP contribution is 2.26. The summed E-state index contributed by atoms with van der Waals surface area (Å²) in [6.07, 6.45) is 4.11. The summed E-state index contributed by atoms with van der Waals surface area (Å²) in [5.74, 6) is 0. The maximum absolute atomic E-state index is 9.34. The van der Waals surface area contributed by atoms with Gasteiger partial charge in [-0.2, -0.15) is 0 Å². The third kappa shape index (κ3) is 1.49. The summed E-state index contributed by atoms with van der Waals surface area (Å²) in [5, 5.41) is 18.7. The SMILES string of the molecule is OC1CN(C2CCCC2)CC1O. The molecule has 70 valence electrons. The van der Waals surface area contributed by atoms with E-state index in [2.05, 4.69) is 4.90 Å². The van der Waals surface area contributed by atoms with Crippen LogP contribution in [0.5, 0.6) is 0 Å². The van der Waals surface area contributed by atoms with Crippen LogP contribution >= 0.6 is 0 Å². The fourth-order valence-corrected chi connectivity index (χ4v) is 2.37. The molecule has 0 radical (unpaired) electrons. The van der Waals surface area contributed by atoms with E-state index in [4.69, 9.17) is 0 Å². The largest absolute Gasteiger partial charge is 0.389 e. The number of β-amino-alcohol motifs (C(OH)–C–C–N with tert-alkyl or cyclic N) is 2. The number of rotatable bonds is 1. The summed E-state index contributed by atoms with van der Waals surface area (Å²) in [5.41, 5.74) is 0. The molecule has 2 fully saturated rings. The molecule has 1 heterocycles. The average molecular weight is 171 g/mol. The summed E-state index contributed by atoms with van der Waals surface area (Å²) in [6, 6.07) is 0.636. The first-order chi connectivity index (χ1) is 5.77. The van der Waals surface area contributed by atoms with Gasteiger partial charge in [0.25, 0.3) is 0 Å². The molecule has 2 N–H and O–H groups in total. The van der Waals surface area contributed by atoms with E-state index in [1.54, 1.807) is 0 Å². The summed E-state index contributed by atoms with van der Waals surface area (Å²) in [4.78, 5) is 2.24. The van der Waals surface area contributed by atoms with Gasteiger partial charge >= 0.3 is 0 Å². The zero-order valence-corrected chi connectivity index (χ0v) is 7.32. The molecule has 2 rings (SSSR count). The molecular weight excluding hydrogens is 154 g/mol. The van der Waals surface area contributed by atoms with Crippen LogP contribution in [0.25, 0.3) is 0 Å². The Morgan fingerprint density at radius 2 is 1.42 bits per heavy atom. The van der Waals surface area contributed by atoms with Crippen molar-refractivity contribution in [2.24, 2.45) is 0 Å². The van der Waals surface area contributed by atoms with E-state index >= 15 is 0 Å². The molecule has 1 aliphatic heterocycles. The van der Waals surface area contributed by atoms with Gasteiger partial charge in [0.2, 0.25) is 0 Å². The van der Waals surface area contributed by atoms with Crippen LogP contribution in [0, 0.1) is 0 Å². The second-order valence-corrected chi connectivity index (χ2v) is 4.03. The smallest absolute Gasteiger partial charge is 0.0938 e. The van der Waals surface area contributed by atoms with Gasteiger partial charge in [-0.25, -0.2) is 0 Å². The van der Waals surface area contributed by atoms with Crippen LogP contribution < -0.4 is 0 Å². The Labute approximate surface area is 73.0 Å². The van der Waals surface area contributed by atoms with Crippen LogP contribution in [0.4, 0.5) is 0 Å². The van der Waals surface area contributed by atoms with Crippen molar-refractivity contribution >= 4 is 0 Å². The van der Waals surface area contributed by atoms with Gasteiger partial charge in [0.1, 0.15) is 0 Å². The van der Waals surface area contributed by atoms with Crippen molar-refractivity contribution < 1.29 is 10.2 Å². The number of aliphatic hydroxyl groups is 2. The predicted octanol–water partition coefficient (Wildman–Crippen LogP) is -0.0336. The van der Waals surface area contributed by atoms with E-state index in [0.717, 1.165) is 0 Å². The molecule has 2 atom stereocenters. The van der Waals surface area contributed by atoms with Crippen LogP contribution in [0.1, 0.15) is 25.7 Å². The quantitative estimate of drug-likeness (QED) is 0.582. The number of likely N-dealkylation sites (tertiary alicyclic amines) is 1. The fraction of sp³-hybridized carbons (Fsp3) is 1.00. The lowest BCUT2D eigenvalue weighted by Gasteiger charge is -2.22. The second-order valence-electron chi connectivity index (χ2n) is 4.03. The summed E-state index contributed by atoms with van der Waals surface area (Å²) >= 11 is 0. The van der Waals surface area contributed by atoms with Crippen molar-refractivity contribution in [3.05, 3.63) is 0 Å². The van der Waals surface area contributed by atoms with E-state index in [-0.39, 0.29) is 0 Å². The van der Waals surface area contributed by atoms with E-state index in [0.29, 0.717) is 19.1 Å². The van der Waals surface area contributed by atoms with Gasteiger partial charge in [0, 0.05) is 19.1 Å². The highest BCUT2D eigenvalue weighted by atomic mass is 16.3. The first kappa shape index (κ1) is 8.48. The highest BCUT2D eigenvalue weighted by molar-refractivity contribution is 4.89. The number of hydrogen-bond acceptors (Lipinski definition) is 3. The third-order valence-corrected chi connectivity index (χ3v) is 3.13. The van der Waals surface area contributed by atoms with E-state index in [9.17, 15) is 10.2 Å². The lowest BCUT2D eigenvalue weighted by atomic mass is 10.2. The molecule has 2 aliphatic rings. The molecule has 0 aromatic carbocycles. The monoisotopic (exact) mass is 171 g/mol. The first-order valence-corrected chi connectivity index (χ1v) is 4.87. The van der Waals surface area contributed by atoms with E-state index in [1.165, 1.54) is 25.7 Å². The van der Waals surface area contributed by atoms with Crippen LogP contribution in [-0.2, 0) is 0 Å². The fourth-order valence-electron chi connectivity index (χ4n) is 2.37. The van der Waals surface area contributed by atoms with Crippen molar-refractivity contribution in [2.45, 2.75) is 43.9 Å². The predicted molar refractivity (Wildman–Crippen MR) is 45.8 cm³/mol. The number of nitrogens with zero attached hydrogens (tertiary/aromatic N) is 1. The Balaban J connectivity index is 1.89. The molecule has 12 heavy (non-hydrogen) atoms. The van der Waals surface area contributed by atoms with Crippen molar-refractivity contribution in [3.63, 3.8) is 0 Å². The van der Waals surface area contributed by atoms with Gasteiger partial charge in [0.05, 0.1) is 12.2 Å². The minimum Gasteiger partial charge on any atom is -0.389 e. The molecule has 0 bridgehead atoms. The van der Waals surface area contributed by atoms with Crippen LogP contribution in [0.2, 0.25) is 0 Å². The maximum Gasteiger partial charge on any atom is 0.0938 e. The van der Waals surface area contributed by atoms with Gasteiger partial charge in [-0.3, -0.25) is 4.90 Å². The minimum absolute atomic E-state index is 0.509. The van der Waals surface area contributed by atoms with E-state index in [1.807, 2.05) is 0 Å².